The first kappa shape index (κ1) is 20.5. The number of amides is 1. The monoisotopic (exact) mass is 436 g/mol. The van der Waals surface area contributed by atoms with Gasteiger partial charge in [-0.05, 0) is 24.3 Å². The highest BCUT2D eigenvalue weighted by Crippen LogP contribution is 2.34. The van der Waals surface area contributed by atoms with Crippen molar-refractivity contribution in [3.8, 4) is 10.9 Å². The number of carbonyl (C=O) groups excluding carboxylic acids is 1. The van der Waals surface area contributed by atoms with Crippen LogP contribution in [-0.2, 0) is 6.18 Å². The van der Waals surface area contributed by atoms with Gasteiger partial charge >= 0.3 is 6.18 Å². The fourth-order valence-corrected chi connectivity index (χ4v) is 4.33. The third-order valence-electron chi connectivity index (χ3n) is 5.03. The number of alkyl halides is 3. The molecule has 1 aliphatic heterocycles. The Bertz CT molecular complexity index is 1060. The summed E-state index contributed by atoms with van der Waals surface area (Å²) in [5, 5.41) is 0.533. The van der Waals surface area contributed by atoms with Crippen molar-refractivity contribution in [2.45, 2.75) is 25.1 Å². The summed E-state index contributed by atoms with van der Waals surface area (Å²) >= 11 is 1.42. The number of thiazole rings is 1. The maximum absolute atomic E-state index is 13.2. The zero-order valence-corrected chi connectivity index (χ0v) is 16.9. The molecule has 1 amide bonds. The van der Waals surface area contributed by atoms with E-state index >= 15 is 0 Å². The van der Waals surface area contributed by atoms with Gasteiger partial charge in [-0.15, -0.1) is 0 Å². The molecule has 3 aromatic rings. The molecule has 30 heavy (non-hydrogen) atoms. The number of benzene rings is 2. The summed E-state index contributed by atoms with van der Waals surface area (Å²) in [6.45, 7) is 0.656. The van der Waals surface area contributed by atoms with Crippen molar-refractivity contribution in [1.29, 1.82) is 0 Å². The highest BCUT2D eigenvalue weighted by molar-refractivity contribution is 7.20. The molecule has 0 N–H and O–H groups in total. The van der Waals surface area contributed by atoms with E-state index in [1.807, 2.05) is 18.2 Å². The lowest BCUT2D eigenvalue weighted by Crippen LogP contribution is -2.42. The minimum Gasteiger partial charge on any atom is -0.497 e. The number of methoxy groups -OCH3 is 1. The Labute approximate surface area is 175 Å². The predicted molar refractivity (Wildman–Crippen MR) is 107 cm³/mol. The summed E-state index contributed by atoms with van der Waals surface area (Å²) in [7, 11) is 1.59. The van der Waals surface area contributed by atoms with Crippen LogP contribution in [0.5, 0.6) is 10.9 Å². The van der Waals surface area contributed by atoms with Gasteiger partial charge in [-0.3, -0.25) is 4.79 Å². The van der Waals surface area contributed by atoms with Crippen LogP contribution < -0.4 is 9.47 Å². The normalized spacial score (nSPS) is 15.4. The van der Waals surface area contributed by atoms with Gasteiger partial charge in [0.1, 0.15) is 11.9 Å². The molecule has 0 radical (unpaired) electrons. The molecule has 1 fully saturated rings. The van der Waals surface area contributed by atoms with Crippen LogP contribution in [0, 0.1) is 0 Å². The summed E-state index contributed by atoms with van der Waals surface area (Å²) in [4.78, 5) is 18.6. The quantitative estimate of drug-likeness (QED) is 0.577. The van der Waals surface area contributed by atoms with Crippen LogP contribution in [0.15, 0.2) is 42.5 Å². The summed E-state index contributed by atoms with van der Waals surface area (Å²) in [6, 6.07) is 10.5. The highest BCUT2D eigenvalue weighted by Gasteiger charge is 2.36. The molecule has 1 aromatic heterocycles. The first-order chi connectivity index (χ1) is 14.3. The Morgan fingerprint density at radius 3 is 2.60 bits per heavy atom. The molecule has 0 saturated carbocycles. The number of hydrogen-bond donors (Lipinski definition) is 0. The Balaban J connectivity index is 1.40. The summed E-state index contributed by atoms with van der Waals surface area (Å²) < 4.78 is 51.8. The van der Waals surface area contributed by atoms with Crippen molar-refractivity contribution >= 4 is 27.5 Å². The molecule has 0 spiro atoms. The van der Waals surface area contributed by atoms with Crippen LogP contribution in [0.25, 0.3) is 10.2 Å². The molecule has 2 aromatic carbocycles. The number of aromatic nitrogens is 1. The van der Waals surface area contributed by atoms with Crippen molar-refractivity contribution in [1.82, 2.24) is 9.88 Å². The number of carbonyl (C=O) groups is 1. The Morgan fingerprint density at radius 1 is 1.17 bits per heavy atom. The largest absolute Gasteiger partial charge is 0.497 e. The summed E-state index contributed by atoms with van der Waals surface area (Å²) in [5.41, 5.74) is -0.437. The van der Waals surface area contributed by atoms with Crippen LogP contribution in [0.4, 0.5) is 13.2 Å². The smallest absolute Gasteiger partial charge is 0.417 e. The maximum Gasteiger partial charge on any atom is 0.417 e. The Kier molecular flexibility index (Phi) is 5.55. The number of hydrogen-bond acceptors (Lipinski definition) is 5. The molecule has 0 atom stereocenters. The molecular weight excluding hydrogens is 417 g/mol. The average molecular weight is 436 g/mol. The summed E-state index contributed by atoms with van der Waals surface area (Å²) in [6.07, 6.45) is -3.66. The van der Waals surface area contributed by atoms with Crippen LogP contribution in [0.3, 0.4) is 0 Å². The van der Waals surface area contributed by atoms with Gasteiger partial charge in [0.2, 0.25) is 0 Å². The highest BCUT2D eigenvalue weighted by atomic mass is 32.1. The second-order valence-corrected chi connectivity index (χ2v) is 7.96. The molecule has 0 unspecified atom stereocenters. The van der Waals surface area contributed by atoms with E-state index in [0.29, 0.717) is 36.9 Å². The lowest BCUT2D eigenvalue weighted by atomic mass is 10.0. The van der Waals surface area contributed by atoms with Crippen molar-refractivity contribution in [2.75, 3.05) is 20.2 Å². The van der Waals surface area contributed by atoms with Gasteiger partial charge in [-0.25, -0.2) is 4.98 Å². The molecule has 1 aliphatic rings. The number of rotatable bonds is 4. The minimum absolute atomic E-state index is 0.144. The van der Waals surface area contributed by atoms with Crippen molar-refractivity contribution < 1.29 is 27.4 Å². The predicted octanol–water partition coefficient (Wildman–Crippen LogP) is 5.01. The molecule has 5 nitrogen and oxygen atoms in total. The number of likely N-dealkylation sites (tertiary alicyclic amines) is 1. The van der Waals surface area contributed by atoms with E-state index in [4.69, 9.17) is 9.47 Å². The van der Waals surface area contributed by atoms with Gasteiger partial charge in [0, 0.05) is 32.0 Å². The third kappa shape index (κ3) is 4.21. The van der Waals surface area contributed by atoms with E-state index in [0.717, 1.165) is 16.3 Å². The van der Waals surface area contributed by atoms with Gasteiger partial charge in [-0.1, -0.05) is 23.5 Å². The van der Waals surface area contributed by atoms with Gasteiger partial charge in [0.25, 0.3) is 11.1 Å². The van der Waals surface area contributed by atoms with Crippen LogP contribution in [0.1, 0.15) is 28.8 Å². The Morgan fingerprint density at radius 2 is 1.90 bits per heavy atom. The van der Waals surface area contributed by atoms with Gasteiger partial charge in [0.15, 0.2) is 0 Å². The fraction of sp³-hybridized carbons (Fsp3) is 0.333. The SMILES string of the molecule is COc1ccc2sc(OC3CCN(C(=O)c4ccccc4C(F)(F)F)CC3)nc2c1. The van der Waals surface area contributed by atoms with E-state index in [-0.39, 0.29) is 11.7 Å². The van der Waals surface area contributed by atoms with E-state index in [9.17, 15) is 18.0 Å². The van der Waals surface area contributed by atoms with E-state index in [1.165, 1.54) is 34.4 Å². The number of ether oxygens (including phenoxy) is 2. The summed E-state index contributed by atoms with van der Waals surface area (Å²) in [5.74, 6) is 0.110. The molecule has 9 heteroatoms. The zero-order chi connectivity index (χ0) is 21.3. The molecule has 158 valence electrons. The third-order valence-corrected chi connectivity index (χ3v) is 5.96. The van der Waals surface area contributed by atoms with Crippen LogP contribution >= 0.6 is 11.3 Å². The van der Waals surface area contributed by atoms with Crippen molar-refractivity contribution in [3.63, 3.8) is 0 Å². The van der Waals surface area contributed by atoms with Gasteiger partial charge in [-0.2, -0.15) is 13.2 Å². The van der Waals surface area contributed by atoms with Gasteiger partial charge in [0.05, 0.1) is 28.5 Å². The fourth-order valence-electron chi connectivity index (χ4n) is 3.47. The van der Waals surface area contributed by atoms with E-state index in [2.05, 4.69) is 4.98 Å². The molecule has 4 rings (SSSR count). The first-order valence-electron chi connectivity index (χ1n) is 9.42. The lowest BCUT2D eigenvalue weighted by molar-refractivity contribution is -0.138. The van der Waals surface area contributed by atoms with Crippen molar-refractivity contribution in [3.05, 3.63) is 53.6 Å². The van der Waals surface area contributed by atoms with Crippen LogP contribution in [0.2, 0.25) is 0 Å². The first-order valence-corrected chi connectivity index (χ1v) is 10.2. The van der Waals surface area contributed by atoms with Gasteiger partial charge < -0.3 is 14.4 Å². The van der Waals surface area contributed by atoms with E-state index in [1.54, 1.807) is 7.11 Å². The number of halogens is 3. The number of nitrogens with zero attached hydrogens (tertiary/aromatic N) is 2. The molecule has 0 aliphatic carbocycles. The molecule has 1 saturated heterocycles. The number of fused-ring (bicyclic) bond motifs is 1. The van der Waals surface area contributed by atoms with Crippen LogP contribution in [-0.4, -0.2) is 42.1 Å². The van der Waals surface area contributed by atoms with E-state index < -0.39 is 17.6 Å². The molecule has 2 heterocycles. The molecule has 0 bridgehead atoms. The average Bonchev–Trinajstić information content (AvgIpc) is 3.14. The second kappa shape index (κ2) is 8.14. The zero-order valence-electron chi connectivity index (χ0n) is 16.1. The maximum atomic E-state index is 13.2. The number of piperidine rings is 1. The molecular formula is C21H19F3N2O3S. The van der Waals surface area contributed by atoms with Crippen molar-refractivity contribution in [2.24, 2.45) is 0 Å². The Hall–Kier alpha value is -2.81. The second-order valence-electron chi connectivity index (χ2n) is 6.97. The standard InChI is InChI=1S/C21H19F3N2O3S/c1-28-14-6-7-18-17(12-14)25-20(30-18)29-13-8-10-26(11-9-13)19(27)15-4-2-3-5-16(15)21(22,23)24/h2-7,12-13H,8-11H2,1H3. The minimum atomic E-state index is -4.57. The topological polar surface area (TPSA) is 51.7 Å². The lowest BCUT2D eigenvalue weighted by Gasteiger charge is -2.32.